The van der Waals surface area contributed by atoms with E-state index in [-0.39, 0.29) is 21.1 Å². The molecule has 8 aromatic carbocycles. The van der Waals surface area contributed by atoms with Crippen LogP contribution in [-0.4, -0.2) is 23.3 Å². The van der Waals surface area contributed by atoms with Gasteiger partial charge in [0.1, 0.15) is 5.82 Å². The van der Waals surface area contributed by atoms with E-state index in [0.29, 0.717) is 11.5 Å². The zero-order valence-corrected chi connectivity index (χ0v) is 38.2. The van der Waals surface area contributed by atoms with Gasteiger partial charge in [0.15, 0.2) is 0 Å². The molecule has 66 heavy (non-hydrogen) atoms. The Morgan fingerprint density at radius 1 is 0.515 bits per heavy atom. The number of imidazole rings is 1. The SMILES string of the molecule is Cn1c2ccccc2c2c1c1c3ccc(Oc4[c-]c(-[n+]5[c-]n(-c6c(-c7ccccc7)cccc6-c6ccccc6)cc5)ccc4)[c-]c3n(-c3ccccn3)c1c1c3ccccc3n(C)c21.[Pt]. The number of aryl methyl sites for hydroxylation is 2. The summed E-state index contributed by atoms with van der Waals surface area (Å²) in [6.45, 7) is 0. The topological polar surface area (TPSA) is 45.7 Å². The van der Waals surface area contributed by atoms with Crippen molar-refractivity contribution < 1.29 is 30.4 Å². The zero-order chi connectivity index (χ0) is 43.2. The molecule has 0 unspecified atom stereocenters. The van der Waals surface area contributed by atoms with Crippen LogP contribution in [0.3, 0.4) is 0 Å². The van der Waals surface area contributed by atoms with Crippen molar-refractivity contribution in [3.8, 4) is 50.9 Å². The first kappa shape index (κ1) is 39.6. The summed E-state index contributed by atoms with van der Waals surface area (Å²) in [6, 6.07) is 68.4. The van der Waals surface area contributed by atoms with Gasteiger partial charge in [-0.3, -0.25) is 4.57 Å². The second-order valence-electron chi connectivity index (χ2n) is 16.5. The molecule has 0 radical (unpaired) electrons. The van der Waals surface area contributed by atoms with Crippen molar-refractivity contribution in [2.45, 2.75) is 0 Å². The third-order valence-corrected chi connectivity index (χ3v) is 12.9. The Bertz CT molecular complexity index is 3940. The van der Waals surface area contributed by atoms with E-state index in [1.54, 1.807) is 0 Å². The minimum Gasteiger partial charge on any atom is -0.510 e. The van der Waals surface area contributed by atoms with Crippen LogP contribution < -0.4 is 9.30 Å². The Kier molecular flexibility index (Phi) is 9.37. The fourth-order valence-electron chi connectivity index (χ4n) is 10.1. The van der Waals surface area contributed by atoms with Gasteiger partial charge in [0.05, 0.1) is 16.7 Å². The van der Waals surface area contributed by atoms with Gasteiger partial charge in [0, 0.05) is 103 Å². The number of ether oxygens (including phenoxy) is 1. The molecule has 0 fully saturated rings. The molecule has 0 saturated heterocycles. The molecule has 0 bridgehead atoms. The second kappa shape index (κ2) is 15.6. The third-order valence-electron chi connectivity index (χ3n) is 12.9. The Labute approximate surface area is 394 Å². The molecule has 13 aromatic rings. The van der Waals surface area contributed by atoms with Gasteiger partial charge in [-0.05, 0) is 57.6 Å². The average Bonchev–Trinajstić information content (AvgIpc) is 4.13. The molecule has 0 spiro atoms. The van der Waals surface area contributed by atoms with Crippen molar-refractivity contribution >= 4 is 65.4 Å². The number of hydrogen-bond acceptors (Lipinski definition) is 2. The van der Waals surface area contributed by atoms with Crippen LogP contribution in [0, 0.1) is 18.5 Å². The van der Waals surface area contributed by atoms with Crippen molar-refractivity contribution in [1.82, 2.24) is 23.3 Å². The van der Waals surface area contributed by atoms with Gasteiger partial charge in [-0.25, -0.2) is 4.98 Å². The van der Waals surface area contributed by atoms with Crippen LogP contribution in [0.15, 0.2) is 195 Å². The minimum absolute atomic E-state index is 0. The predicted octanol–water partition coefficient (Wildman–Crippen LogP) is 13.1. The molecular formula is C58H38N6OPt-2. The molecule has 0 N–H and O–H groups in total. The van der Waals surface area contributed by atoms with Crippen LogP contribution in [0.25, 0.3) is 105 Å². The standard InChI is InChI=1S/C58H38N6O.Pt/c1-60-48-27-11-9-23-45(48)52-56-53(46-24-10-12-28-49(46)61(56)2)58-54(57(52)60)47-31-30-42(36-50(47)64(58)51-29-13-14-32-59-51)65-41-22-15-21-40(35-41)62-33-34-63(37-62)55-43(38-17-5-3-6-18-38)25-16-26-44(55)39-19-7-4-8-20-39;/h3-34H,1-2H3;/q-2;. The molecule has 318 valence electrons. The largest absolute Gasteiger partial charge is 0.510 e. The summed E-state index contributed by atoms with van der Waals surface area (Å²) >= 11 is 0. The molecule has 8 heteroatoms. The first-order valence-electron chi connectivity index (χ1n) is 21.8. The maximum atomic E-state index is 6.71. The number of aromatic nitrogens is 6. The maximum Gasteiger partial charge on any atom is 0.267 e. The Balaban J connectivity index is 0.00000456. The van der Waals surface area contributed by atoms with Gasteiger partial charge in [0.25, 0.3) is 6.33 Å². The van der Waals surface area contributed by atoms with Gasteiger partial charge >= 0.3 is 0 Å². The van der Waals surface area contributed by atoms with Crippen molar-refractivity contribution in [1.29, 1.82) is 0 Å². The molecule has 0 aliphatic carbocycles. The van der Waals surface area contributed by atoms with Crippen molar-refractivity contribution in [3.05, 3.63) is 213 Å². The molecule has 5 heterocycles. The smallest absolute Gasteiger partial charge is 0.267 e. The van der Waals surface area contributed by atoms with Crippen LogP contribution in [0.5, 0.6) is 11.5 Å². The zero-order valence-electron chi connectivity index (χ0n) is 35.9. The van der Waals surface area contributed by atoms with Crippen LogP contribution in [0.2, 0.25) is 0 Å². The molecule has 0 atom stereocenters. The summed E-state index contributed by atoms with van der Waals surface area (Å²) in [4.78, 5) is 4.96. The number of para-hydroxylation sites is 3. The van der Waals surface area contributed by atoms with Crippen LogP contribution in [0.1, 0.15) is 0 Å². The summed E-state index contributed by atoms with van der Waals surface area (Å²) in [6.07, 6.45) is 9.52. The summed E-state index contributed by atoms with van der Waals surface area (Å²) in [7, 11) is 4.37. The van der Waals surface area contributed by atoms with Crippen molar-refractivity contribution in [2.24, 2.45) is 14.1 Å². The molecule has 5 aromatic heterocycles. The van der Waals surface area contributed by atoms with Gasteiger partial charge < -0.3 is 23.0 Å². The van der Waals surface area contributed by atoms with E-state index in [1.165, 1.54) is 43.6 Å². The second-order valence-corrected chi connectivity index (χ2v) is 16.5. The third kappa shape index (κ3) is 6.00. The monoisotopic (exact) mass is 1030 g/mol. The molecule has 13 rings (SSSR count). The number of pyridine rings is 1. The predicted molar refractivity (Wildman–Crippen MR) is 261 cm³/mol. The van der Waals surface area contributed by atoms with Gasteiger partial charge in [-0.15, -0.1) is 24.3 Å². The van der Waals surface area contributed by atoms with E-state index < -0.39 is 0 Å². The van der Waals surface area contributed by atoms with E-state index >= 15 is 0 Å². The molecule has 0 aliphatic rings. The van der Waals surface area contributed by atoms with Crippen LogP contribution in [-0.2, 0) is 35.2 Å². The Hall–Kier alpha value is -7.99. The number of nitrogens with zero attached hydrogens (tertiary/aromatic N) is 6. The molecule has 0 aliphatic heterocycles. The summed E-state index contributed by atoms with van der Waals surface area (Å²) in [5, 5.41) is 7.06. The first-order chi connectivity index (χ1) is 32.1. The average molecular weight is 1030 g/mol. The normalized spacial score (nSPS) is 11.7. The fraction of sp³-hybridized carbons (Fsp3) is 0.0345. The molecule has 7 nitrogen and oxygen atoms in total. The van der Waals surface area contributed by atoms with Crippen LogP contribution >= 0.6 is 0 Å². The van der Waals surface area contributed by atoms with Gasteiger partial charge in [-0.2, -0.15) is 18.2 Å². The Morgan fingerprint density at radius 2 is 1.09 bits per heavy atom. The molecule has 0 amide bonds. The fourth-order valence-corrected chi connectivity index (χ4v) is 10.1. The summed E-state index contributed by atoms with van der Waals surface area (Å²) in [5.74, 6) is 1.95. The molecular weight excluding hydrogens is 992 g/mol. The Morgan fingerprint density at radius 3 is 1.74 bits per heavy atom. The van der Waals surface area contributed by atoms with E-state index in [9.17, 15) is 0 Å². The van der Waals surface area contributed by atoms with Crippen LogP contribution in [0.4, 0.5) is 0 Å². The van der Waals surface area contributed by atoms with E-state index in [4.69, 9.17) is 9.72 Å². The van der Waals surface area contributed by atoms with Crippen molar-refractivity contribution in [3.63, 3.8) is 0 Å². The van der Waals surface area contributed by atoms with E-state index in [1.807, 2.05) is 71.7 Å². The maximum absolute atomic E-state index is 6.71. The quantitative estimate of drug-likeness (QED) is 0.118. The van der Waals surface area contributed by atoms with E-state index in [2.05, 4.69) is 178 Å². The number of hydrogen-bond donors (Lipinski definition) is 0. The minimum atomic E-state index is 0. The first-order valence-corrected chi connectivity index (χ1v) is 21.8. The summed E-state index contributed by atoms with van der Waals surface area (Å²) in [5.41, 5.74) is 13.0. The van der Waals surface area contributed by atoms with Gasteiger partial charge in [-0.1, -0.05) is 132 Å². The number of fused-ring (bicyclic) bond motifs is 12. The molecule has 0 saturated carbocycles. The number of benzene rings is 8. The van der Waals surface area contributed by atoms with Crippen molar-refractivity contribution in [2.75, 3.05) is 0 Å². The summed E-state index contributed by atoms with van der Waals surface area (Å²) < 4.78 is 17.7. The van der Waals surface area contributed by atoms with E-state index in [0.717, 1.165) is 61.3 Å². The number of rotatable bonds is 7. The van der Waals surface area contributed by atoms with Gasteiger partial charge in [0.2, 0.25) is 0 Å².